The molecule has 1 aliphatic rings. The van der Waals surface area contributed by atoms with Gasteiger partial charge in [0.25, 0.3) is 0 Å². The number of aliphatic imine (C=N–C) groups is 1. The number of nitrogens with zero attached hydrogens (tertiary/aromatic N) is 2. The number of hydrogen-bond donors (Lipinski definition) is 0. The maximum absolute atomic E-state index is 4.93. The first-order valence-corrected chi connectivity index (χ1v) is 8.34. The first-order valence-electron chi connectivity index (χ1n) is 7.48. The maximum atomic E-state index is 4.93. The summed E-state index contributed by atoms with van der Waals surface area (Å²) in [7, 11) is 0. The average Bonchev–Trinajstić information content (AvgIpc) is 2.28. The molecule has 1 radical (unpaired) electrons. The molecule has 0 atom stereocenters. The van der Waals surface area contributed by atoms with E-state index < -0.39 is 0 Å². The zero-order valence-corrected chi connectivity index (χ0v) is 14.2. The summed E-state index contributed by atoms with van der Waals surface area (Å²) in [5.74, 6) is 1.38. The standard InChI is InChI=1S/C15H29N2Se/c1-12(2)10-17(11-13(3)4)15(18)16-14-8-6-5-7-9-14/h12-14H,5-11H2,1-4H3. The molecule has 0 heterocycles. The van der Waals surface area contributed by atoms with Crippen LogP contribution < -0.4 is 0 Å². The van der Waals surface area contributed by atoms with E-state index in [9.17, 15) is 0 Å². The van der Waals surface area contributed by atoms with Gasteiger partial charge in [0.15, 0.2) is 0 Å². The molecule has 0 aromatic rings. The third-order valence-corrected chi connectivity index (χ3v) is 4.07. The summed E-state index contributed by atoms with van der Waals surface area (Å²) in [6, 6.07) is 0.567. The van der Waals surface area contributed by atoms with Gasteiger partial charge in [-0.15, -0.1) is 0 Å². The Morgan fingerprint density at radius 1 is 1.06 bits per heavy atom. The van der Waals surface area contributed by atoms with Crippen molar-refractivity contribution in [2.45, 2.75) is 65.8 Å². The van der Waals surface area contributed by atoms with Crippen LogP contribution in [0.2, 0.25) is 0 Å². The molecule has 0 spiro atoms. The molecule has 0 N–H and O–H groups in total. The molecule has 0 aliphatic heterocycles. The summed E-state index contributed by atoms with van der Waals surface area (Å²) in [6.45, 7) is 11.3. The van der Waals surface area contributed by atoms with Crippen molar-refractivity contribution < 1.29 is 0 Å². The van der Waals surface area contributed by atoms with Gasteiger partial charge in [-0.3, -0.25) is 0 Å². The fraction of sp³-hybridized carbons (Fsp3) is 0.933. The van der Waals surface area contributed by atoms with Crippen molar-refractivity contribution in [3.05, 3.63) is 0 Å². The number of amidine groups is 1. The van der Waals surface area contributed by atoms with Gasteiger partial charge < -0.3 is 0 Å². The first-order chi connectivity index (χ1) is 8.49. The van der Waals surface area contributed by atoms with Gasteiger partial charge in [-0.05, 0) is 0 Å². The molecule has 0 amide bonds. The molecule has 0 saturated heterocycles. The fourth-order valence-corrected chi connectivity index (χ4v) is 3.19. The van der Waals surface area contributed by atoms with Crippen molar-refractivity contribution in [3.63, 3.8) is 0 Å². The topological polar surface area (TPSA) is 15.6 Å². The van der Waals surface area contributed by atoms with Crippen LogP contribution in [0.15, 0.2) is 4.99 Å². The molecule has 2 nitrogen and oxygen atoms in total. The van der Waals surface area contributed by atoms with Gasteiger partial charge in [-0.2, -0.15) is 0 Å². The average molecular weight is 316 g/mol. The van der Waals surface area contributed by atoms with Crippen molar-refractivity contribution in [3.8, 4) is 0 Å². The van der Waals surface area contributed by atoms with Gasteiger partial charge in [0.05, 0.1) is 0 Å². The molecule has 1 aliphatic carbocycles. The van der Waals surface area contributed by atoms with Crippen LogP contribution >= 0.6 is 0 Å². The molecule has 0 aromatic carbocycles. The first kappa shape index (κ1) is 16.0. The second-order valence-electron chi connectivity index (χ2n) is 6.40. The van der Waals surface area contributed by atoms with Gasteiger partial charge in [0.2, 0.25) is 0 Å². The Balaban J connectivity index is 2.60. The van der Waals surface area contributed by atoms with E-state index >= 15 is 0 Å². The van der Waals surface area contributed by atoms with Crippen molar-refractivity contribution in [2.75, 3.05) is 13.1 Å². The van der Waals surface area contributed by atoms with E-state index in [1.807, 2.05) is 0 Å². The zero-order valence-electron chi connectivity index (χ0n) is 12.5. The van der Waals surface area contributed by atoms with Crippen LogP contribution in [0.4, 0.5) is 0 Å². The molecule has 18 heavy (non-hydrogen) atoms. The summed E-state index contributed by atoms with van der Waals surface area (Å²) in [6.07, 6.45) is 6.67. The molecular weight excluding hydrogens is 287 g/mol. The van der Waals surface area contributed by atoms with E-state index in [2.05, 4.69) is 48.6 Å². The predicted octanol–water partition coefficient (Wildman–Crippen LogP) is 3.46. The van der Waals surface area contributed by atoms with Crippen molar-refractivity contribution >= 4 is 20.7 Å². The van der Waals surface area contributed by atoms with Crippen LogP contribution in [-0.4, -0.2) is 44.8 Å². The summed E-state index contributed by atoms with van der Waals surface area (Å²) >= 11 is 3.21. The molecule has 3 heteroatoms. The van der Waals surface area contributed by atoms with E-state index in [1.54, 1.807) is 0 Å². The second kappa shape index (κ2) is 8.22. The summed E-state index contributed by atoms with van der Waals surface area (Å²) < 4.78 is 1.14. The van der Waals surface area contributed by atoms with Crippen LogP contribution in [0.1, 0.15) is 59.8 Å². The van der Waals surface area contributed by atoms with Crippen LogP contribution in [0, 0.1) is 11.8 Å². The molecule has 0 bridgehead atoms. The molecule has 1 saturated carbocycles. The van der Waals surface area contributed by atoms with Gasteiger partial charge in [-0.1, -0.05) is 0 Å². The summed E-state index contributed by atoms with van der Waals surface area (Å²) in [4.78, 5) is 7.36. The van der Waals surface area contributed by atoms with Crippen LogP contribution in [-0.2, 0) is 0 Å². The van der Waals surface area contributed by atoms with Crippen molar-refractivity contribution in [1.82, 2.24) is 4.90 Å². The number of hydrogen-bond acceptors (Lipinski definition) is 1. The summed E-state index contributed by atoms with van der Waals surface area (Å²) in [5, 5.41) is 0. The zero-order chi connectivity index (χ0) is 13.5. The molecular formula is C15H29N2Se. The summed E-state index contributed by atoms with van der Waals surface area (Å²) in [5.41, 5.74) is 0. The van der Waals surface area contributed by atoms with Gasteiger partial charge in [-0.25, -0.2) is 0 Å². The molecule has 105 valence electrons. The van der Waals surface area contributed by atoms with Gasteiger partial charge in [0, 0.05) is 0 Å². The Hall–Kier alpha value is -0.0105. The normalized spacial score (nSPS) is 18.7. The third-order valence-electron chi connectivity index (χ3n) is 3.31. The predicted molar refractivity (Wildman–Crippen MR) is 81.3 cm³/mol. The number of rotatable bonds is 5. The van der Waals surface area contributed by atoms with Crippen LogP contribution in [0.5, 0.6) is 0 Å². The van der Waals surface area contributed by atoms with Crippen molar-refractivity contribution in [2.24, 2.45) is 16.8 Å². The minimum absolute atomic E-state index is 0.567. The molecule has 0 aromatic heterocycles. The van der Waals surface area contributed by atoms with Crippen LogP contribution in [0.25, 0.3) is 0 Å². The molecule has 1 rings (SSSR count). The second-order valence-corrected chi connectivity index (χ2v) is 7.16. The fourth-order valence-electron chi connectivity index (χ4n) is 2.56. The van der Waals surface area contributed by atoms with E-state index in [0.717, 1.165) is 17.8 Å². The van der Waals surface area contributed by atoms with Gasteiger partial charge in [0.1, 0.15) is 0 Å². The Morgan fingerprint density at radius 3 is 2.00 bits per heavy atom. The SMILES string of the molecule is CC(C)CN(CC(C)C)C([Se])=NC1CCCCC1. The van der Waals surface area contributed by atoms with E-state index in [4.69, 9.17) is 4.99 Å². The van der Waals surface area contributed by atoms with Crippen molar-refractivity contribution in [1.29, 1.82) is 0 Å². The molecule has 1 fully saturated rings. The minimum atomic E-state index is 0.567. The Bertz CT molecular complexity index is 245. The Morgan fingerprint density at radius 2 is 1.56 bits per heavy atom. The van der Waals surface area contributed by atoms with E-state index in [1.165, 1.54) is 32.1 Å². The van der Waals surface area contributed by atoms with E-state index in [-0.39, 0.29) is 0 Å². The Kier molecular flexibility index (Phi) is 7.33. The van der Waals surface area contributed by atoms with Crippen LogP contribution in [0.3, 0.4) is 0 Å². The quantitative estimate of drug-likeness (QED) is 0.431. The monoisotopic (exact) mass is 317 g/mol. The third kappa shape index (κ3) is 6.24. The van der Waals surface area contributed by atoms with E-state index in [0.29, 0.717) is 17.9 Å². The Labute approximate surface area is 121 Å². The molecule has 0 unspecified atom stereocenters. The van der Waals surface area contributed by atoms with Gasteiger partial charge >= 0.3 is 121 Å².